The number of nitrogens with zero attached hydrogens (tertiary/aromatic N) is 6. The number of amides is 1. The number of fused-ring (bicyclic) bond motifs is 1. The van der Waals surface area contributed by atoms with E-state index in [-0.39, 0.29) is 12.5 Å². The molecule has 8 nitrogen and oxygen atoms in total. The van der Waals surface area contributed by atoms with E-state index < -0.39 is 0 Å². The second kappa shape index (κ2) is 6.84. The smallest absolute Gasteiger partial charge is 0.243 e. The zero-order valence-corrected chi connectivity index (χ0v) is 14.8. The van der Waals surface area contributed by atoms with Crippen molar-refractivity contribution in [2.24, 2.45) is 0 Å². The minimum Gasteiger partial charge on any atom is -0.348 e. The quantitative estimate of drug-likeness (QED) is 0.764. The Balaban J connectivity index is 1.79. The van der Waals surface area contributed by atoms with Gasteiger partial charge in [-0.15, -0.1) is 5.10 Å². The predicted molar refractivity (Wildman–Crippen MR) is 96.6 cm³/mol. The van der Waals surface area contributed by atoms with Crippen LogP contribution in [0.3, 0.4) is 0 Å². The number of carbonyl (C=O) groups is 1. The SMILES string of the molecule is CCn1nnc2c(N(C)CC(=O)Nc3c(C)cccc3C)ncnc21. The molecule has 0 aliphatic carbocycles. The van der Waals surface area contributed by atoms with Crippen molar-refractivity contribution in [2.75, 3.05) is 23.8 Å². The summed E-state index contributed by atoms with van der Waals surface area (Å²) in [6, 6.07) is 5.92. The maximum atomic E-state index is 12.5. The standard InChI is InChI=1S/C17H21N7O/c1-5-24-17-15(21-22-24)16(18-10-19-17)23(4)9-13(25)20-14-11(2)7-6-8-12(14)3/h6-8,10H,5,9H2,1-4H3,(H,20,25). The Morgan fingerprint density at radius 3 is 2.64 bits per heavy atom. The number of likely N-dealkylation sites (N-methyl/N-ethyl adjacent to an activating group) is 1. The van der Waals surface area contributed by atoms with Crippen LogP contribution in [0.25, 0.3) is 11.2 Å². The number of aryl methyl sites for hydroxylation is 3. The minimum absolute atomic E-state index is 0.116. The molecule has 25 heavy (non-hydrogen) atoms. The molecule has 2 heterocycles. The predicted octanol–water partition coefficient (Wildman–Crippen LogP) is 1.93. The molecular weight excluding hydrogens is 318 g/mol. The lowest BCUT2D eigenvalue weighted by atomic mass is 10.1. The van der Waals surface area contributed by atoms with Crippen molar-refractivity contribution in [1.82, 2.24) is 25.0 Å². The van der Waals surface area contributed by atoms with Crippen LogP contribution in [0.1, 0.15) is 18.1 Å². The largest absolute Gasteiger partial charge is 0.348 e. The summed E-state index contributed by atoms with van der Waals surface area (Å²) >= 11 is 0. The molecule has 2 aromatic heterocycles. The van der Waals surface area contributed by atoms with Gasteiger partial charge in [0.2, 0.25) is 5.91 Å². The van der Waals surface area contributed by atoms with Crippen molar-refractivity contribution in [3.8, 4) is 0 Å². The summed E-state index contributed by atoms with van der Waals surface area (Å²) in [6.07, 6.45) is 1.47. The van der Waals surface area contributed by atoms with Crippen molar-refractivity contribution in [1.29, 1.82) is 0 Å². The van der Waals surface area contributed by atoms with Crippen molar-refractivity contribution < 1.29 is 4.79 Å². The van der Waals surface area contributed by atoms with Gasteiger partial charge in [-0.05, 0) is 31.9 Å². The molecule has 130 valence electrons. The van der Waals surface area contributed by atoms with E-state index in [1.807, 2.05) is 39.0 Å². The number of hydrogen-bond donors (Lipinski definition) is 1. The molecule has 0 saturated carbocycles. The summed E-state index contributed by atoms with van der Waals surface area (Å²) in [6.45, 7) is 6.74. The highest BCUT2D eigenvalue weighted by Crippen LogP contribution is 2.21. The van der Waals surface area contributed by atoms with Gasteiger partial charge in [0.1, 0.15) is 6.33 Å². The van der Waals surface area contributed by atoms with Gasteiger partial charge in [-0.3, -0.25) is 4.79 Å². The molecule has 1 amide bonds. The second-order valence-corrected chi connectivity index (χ2v) is 5.95. The number of para-hydroxylation sites is 1. The number of benzene rings is 1. The van der Waals surface area contributed by atoms with E-state index in [0.717, 1.165) is 16.8 Å². The topological polar surface area (TPSA) is 88.8 Å². The van der Waals surface area contributed by atoms with E-state index >= 15 is 0 Å². The van der Waals surface area contributed by atoms with Gasteiger partial charge in [-0.1, -0.05) is 23.4 Å². The summed E-state index contributed by atoms with van der Waals surface area (Å²) in [5.74, 6) is 0.468. The van der Waals surface area contributed by atoms with Gasteiger partial charge in [-0.25, -0.2) is 14.6 Å². The Morgan fingerprint density at radius 2 is 1.96 bits per heavy atom. The Kier molecular flexibility index (Phi) is 4.60. The fourth-order valence-corrected chi connectivity index (χ4v) is 2.75. The van der Waals surface area contributed by atoms with Gasteiger partial charge in [0.15, 0.2) is 17.0 Å². The lowest BCUT2D eigenvalue weighted by molar-refractivity contribution is -0.114. The fraction of sp³-hybridized carbons (Fsp3) is 0.353. The van der Waals surface area contributed by atoms with Gasteiger partial charge in [-0.2, -0.15) is 0 Å². The molecule has 0 radical (unpaired) electrons. The third kappa shape index (κ3) is 3.28. The molecule has 0 saturated heterocycles. The van der Waals surface area contributed by atoms with E-state index in [9.17, 15) is 4.79 Å². The normalized spacial score (nSPS) is 10.9. The monoisotopic (exact) mass is 339 g/mol. The van der Waals surface area contributed by atoms with E-state index in [1.165, 1.54) is 6.33 Å². The summed E-state index contributed by atoms with van der Waals surface area (Å²) in [4.78, 5) is 22.7. The molecule has 1 N–H and O–H groups in total. The van der Waals surface area contributed by atoms with E-state index in [2.05, 4.69) is 25.6 Å². The zero-order valence-electron chi connectivity index (χ0n) is 14.8. The lowest BCUT2D eigenvalue weighted by Crippen LogP contribution is -2.31. The van der Waals surface area contributed by atoms with Gasteiger partial charge in [0, 0.05) is 19.3 Å². The Hall–Kier alpha value is -3.03. The minimum atomic E-state index is -0.116. The third-order valence-corrected chi connectivity index (χ3v) is 4.07. The average molecular weight is 339 g/mol. The molecule has 8 heteroatoms. The first-order valence-electron chi connectivity index (χ1n) is 8.12. The van der Waals surface area contributed by atoms with Crippen LogP contribution in [0.15, 0.2) is 24.5 Å². The van der Waals surface area contributed by atoms with E-state index in [1.54, 1.807) is 16.6 Å². The molecular formula is C17H21N7O. The summed E-state index contributed by atoms with van der Waals surface area (Å²) in [5, 5.41) is 11.2. The van der Waals surface area contributed by atoms with Crippen molar-refractivity contribution in [2.45, 2.75) is 27.3 Å². The van der Waals surface area contributed by atoms with Crippen molar-refractivity contribution in [3.05, 3.63) is 35.7 Å². The fourth-order valence-electron chi connectivity index (χ4n) is 2.75. The van der Waals surface area contributed by atoms with Crippen LogP contribution in [-0.4, -0.2) is 44.5 Å². The molecule has 1 aromatic carbocycles. The first-order chi connectivity index (χ1) is 12.0. The van der Waals surface area contributed by atoms with Gasteiger partial charge in [0.05, 0.1) is 6.54 Å². The second-order valence-electron chi connectivity index (χ2n) is 5.95. The number of rotatable bonds is 5. The molecule has 0 bridgehead atoms. The molecule has 0 unspecified atom stereocenters. The number of anilines is 2. The first-order valence-corrected chi connectivity index (χ1v) is 8.12. The average Bonchev–Trinajstić information content (AvgIpc) is 3.01. The summed E-state index contributed by atoms with van der Waals surface area (Å²) in [7, 11) is 1.80. The number of nitrogens with one attached hydrogen (secondary N) is 1. The third-order valence-electron chi connectivity index (χ3n) is 4.07. The van der Waals surface area contributed by atoms with Crippen LogP contribution in [0.4, 0.5) is 11.5 Å². The van der Waals surface area contributed by atoms with Crippen LogP contribution >= 0.6 is 0 Å². The molecule has 0 atom stereocenters. The van der Waals surface area contributed by atoms with Crippen LogP contribution in [0, 0.1) is 13.8 Å². The van der Waals surface area contributed by atoms with Crippen LogP contribution in [-0.2, 0) is 11.3 Å². The highest BCUT2D eigenvalue weighted by atomic mass is 16.2. The van der Waals surface area contributed by atoms with Gasteiger partial charge < -0.3 is 10.2 Å². The molecule has 3 rings (SSSR count). The van der Waals surface area contributed by atoms with Crippen molar-refractivity contribution in [3.63, 3.8) is 0 Å². The first kappa shape index (κ1) is 16.8. The van der Waals surface area contributed by atoms with Gasteiger partial charge >= 0.3 is 0 Å². The molecule has 0 aliphatic rings. The van der Waals surface area contributed by atoms with Crippen LogP contribution in [0.5, 0.6) is 0 Å². The van der Waals surface area contributed by atoms with E-state index in [0.29, 0.717) is 23.5 Å². The van der Waals surface area contributed by atoms with Crippen LogP contribution in [0.2, 0.25) is 0 Å². The Morgan fingerprint density at radius 1 is 1.24 bits per heavy atom. The van der Waals surface area contributed by atoms with Crippen LogP contribution < -0.4 is 10.2 Å². The highest BCUT2D eigenvalue weighted by Gasteiger charge is 2.17. The molecule has 0 aliphatic heterocycles. The highest BCUT2D eigenvalue weighted by molar-refractivity contribution is 5.96. The number of hydrogen-bond acceptors (Lipinski definition) is 6. The maximum absolute atomic E-state index is 12.5. The number of aromatic nitrogens is 5. The molecule has 3 aromatic rings. The van der Waals surface area contributed by atoms with E-state index in [4.69, 9.17) is 0 Å². The maximum Gasteiger partial charge on any atom is 0.243 e. The summed E-state index contributed by atoms with van der Waals surface area (Å²) < 4.78 is 1.70. The van der Waals surface area contributed by atoms with Crippen molar-refractivity contribution >= 4 is 28.6 Å². The molecule has 0 fully saturated rings. The zero-order chi connectivity index (χ0) is 18.0. The number of carbonyl (C=O) groups excluding carboxylic acids is 1. The summed E-state index contributed by atoms with van der Waals surface area (Å²) in [5.41, 5.74) is 4.17. The lowest BCUT2D eigenvalue weighted by Gasteiger charge is -2.18. The Labute approximate surface area is 145 Å². The Bertz CT molecular complexity index is 898. The van der Waals surface area contributed by atoms with Gasteiger partial charge in [0.25, 0.3) is 0 Å². The molecule has 0 spiro atoms.